The van der Waals surface area contributed by atoms with Crippen molar-refractivity contribution in [3.8, 4) is 0 Å². The third-order valence-electron chi connectivity index (χ3n) is 8.80. The van der Waals surface area contributed by atoms with Crippen LogP contribution in [-0.4, -0.2) is 89.0 Å². The second-order valence-electron chi connectivity index (χ2n) is 13.7. The Morgan fingerprint density at radius 3 is 1.71 bits per heavy atom. The first-order chi connectivity index (χ1) is 26.8. The number of aliphatic hydroxyl groups is 4. The summed E-state index contributed by atoms with van der Waals surface area (Å²) in [6.45, 7) is 3.14. The van der Waals surface area contributed by atoms with E-state index in [-0.39, 0.29) is 26.1 Å². The fourth-order valence-corrected chi connectivity index (χ4v) is 5.53. The molecule has 1 heterocycles. The number of rotatable bonds is 32. The summed E-state index contributed by atoms with van der Waals surface area (Å²) in [6, 6.07) is 0. The molecule has 0 spiro atoms. The molecular weight excluding hydrogens is 700 g/mol. The van der Waals surface area contributed by atoms with E-state index in [1.165, 1.54) is 19.3 Å². The van der Waals surface area contributed by atoms with Crippen molar-refractivity contribution in [2.24, 2.45) is 0 Å². The van der Waals surface area contributed by atoms with Gasteiger partial charge in [0.05, 0.1) is 19.6 Å². The summed E-state index contributed by atoms with van der Waals surface area (Å²) in [5, 5.41) is 40.0. The van der Waals surface area contributed by atoms with Crippen molar-refractivity contribution in [2.45, 2.75) is 166 Å². The summed E-state index contributed by atoms with van der Waals surface area (Å²) in [5.74, 6) is -0.981. The minimum atomic E-state index is -1.62. The van der Waals surface area contributed by atoms with E-state index in [9.17, 15) is 30.0 Å². The van der Waals surface area contributed by atoms with Gasteiger partial charge in [0.15, 0.2) is 12.4 Å². The maximum absolute atomic E-state index is 12.7. The number of hydrogen-bond donors (Lipinski definition) is 4. The summed E-state index contributed by atoms with van der Waals surface area (Å²) < 4.78 is 22.0. The van der Waals surface area contributed by atoms with Gasteiger partial charge in [-0.15, -0.1) is 0 Å². The van der Waals surface area contributed by atoms with E-state index < -0.39 is 55.4 Å². The molecule has 6 unspecified atom stereocenters. The molecule has 1 rings (SSSR count). The van der Waals surface area contributed by atoms with Crippen molar-refractivity contribution in [3.63, 3.8) is 0 Å². The smallest absolute Gasteiger partial charge is 0.310 e. The van der Waals surface area contributed by atoms with Gasteiger partial charge in [0.2, 0.25) is 0 Å². The minimum absolute atomic E-state index is 0.00994. The van der Waals surface area contributed by atoms with Crippen molar-refractivity contribution < 1.29 is 49.0 Å². The number of ether oxygens (including phenoxy) is 4. The maximum Gasteiger partial charge on any atom is 0.310 e. The summed E-state index contributed by atoms with van der Waals surface area (Å²) >= 11 is 0. The molecule has 0 aromatic heterocycles. The molecule has 1 aliphatic heterocycles. The minimum Gasteiger partial charge on any atom is -0.462 e. The Balaban J connectivity index is 2.46. The number of allylic oxidation sites excluding steroid dienone is 13. The van der Waals surface area contributed by atoms with E-state index in [0.717, 1.165) is 70.6 Å². The van der Waals surface area contributed by atoms with E-state index in [2.05, 4.69) is 80.7 Å². The van der Waals surface area contributed by atoms with Gasteiger partial charge in [0.1, 0.15) is 31.0 Å². The van der Waals surface area contributed by atoms with Crippen LogP contribution in [0.3, 0.4) is 0 Å². The molecule has 0 aromatic carbocycles. The van der Waals surface area contributed by atoms with Crippen molar-refractivity contribution in [3.05, 3.63) is 85.1 Å². The van der Waals surface area contributed by atoms with Gasteiger partial charge in [0.25, 0.3) is 0 Å². The highest BCUT2D eigenvalue weighted by molar-refractivity contribution is 5.71. The molecule has 312 valence electrons. The van der Waals surface area contributed by atoms with Crippen molar-refractivity contribution >= 4 is 11.9 Å². The van der Waals surface area contributed by atoms with Crippen LogP contribution in [0.5, 0.6) is 0 Å². The topological polar surface area (TPSA) is 152 Å². The molecule has 10 heteroatoms. The van der Waals surface area contributed by atoms with Crippen LogP contribution in [0.4, 0.5) is 0 Å². The molecule has 10 nitrogen and oxygen atoms in total. The highest BCUT2D eigenvalue weighted by Gasteiger charge is 2.44. The van der Waals surface area contributed by atoms with E-state index in [4.69, 9.17) is 18.9 Å². The quantitative estimate of drug-likeness (QED) is 0.0299. The van der Waals surface area contributed by atoms with Crippen molar-refractivity contribution in [1.29, 1.82) is 0 Å². The first-order valence-corrected chi connectivity index (χ1v) is 20.7. The number of carbonyl (C=O) groups excluding carboxylic acids is 2. The standard InChI is InChI=1S/C45H72O10/c1-3-5-7-9-11-13-15-17-19-21-23-25-27-29-31-33-40(47)52-36-38(37-53-45-44(51)43(50)42(49)39(35-46)55-45)54-41(48)34-32-30-28-26-24-22-20-18-16-14-12-10-8-6-4-2/h6,8,11-14,17-20,24,26,30,32,38-39,42-46,49-51H,3-5,7,9-10,15-16,21-23,25,27-29,31,33-37H2,1-2H3/b8-6-,13-11-,14-12-,19-17-,20-18-,26-24-,32-30-. The zero-order chi connectivity index (χ0) is 40.2. The van der Waals surface area contributed by atoms with Crippen molar-refractivity contribution in [1.82, 2.24) is 0 Å². The monoisotopic (exact) mass is 773 g/mol. The number of unbranched alkanes of at least 4 members (excludes halogenated alkanes) is 8. The van der Waals surface area contributed by atoms with E-state index in [1.807, 2.05) is 12.2 Å². The zero-order valence-electron chi connectivity index (χ0n) is 33.6. The van der Waals surface area contributed by atoms with Crippen LogP contribution in [0.15, 0.2) is 85.1 Å². The molecule has 0 radical (unpaired) electrons. The van der Waals surface area contributed by atoms with Gasteiger partial charge in [-0.3, -0.25) is 9.59 Å². The second-order valence-corrected chi connectivity index (χ2v) is 13.7. The molecule has 0 aliphatic carbocycles. The van der Waals surface area contributed by atoms with Gasteiger partial charge in [-0.1, -0.05) is 131 Å². The average Bonchev–Trinajstić information content (AvgIpc) is 3.18. The Hall–Kier alpha value is -3.12. The lowest BCUT2D eigenvalue weighted by molar-refractivity contribution is -0.305. The number of carbonyl (C=O) groups is 2. The van der Waals surface area contributed by atoms with E-state index >= 15 is 0 Å². The summed E-state index contributed by atoms with van der Waals surface area (Å²) in [5.41, 5.74) is 0. The normalized spacial score (nSPS) is 21.5. The Morgan fingerprint density at radius 2 is 1.13 bits per heavy atom. The Kier molecular flexibility index (Phi) is 32.0. The average molecular weight is 773 g/mol. The number of esters is 2. The molecule has 1 aliphatic rings. The first kappa shape index (κ1) is 49.9. The fraction of sp³-hybridized carbons (Fsp3) is 0.644. The highest BCUT2D eigenvalue weighted by atomic mass is 16.7. The van der Waals surface area contributed by atoms with Gasteiger partial charge in [-0.05, 0) is 70.6 Å². The van der Waals surface area contributed by atoms with Crippen LogP contribution in [0.25, 0.3) is 0 Å². The van der Waals surface area contributed by atoms with Gasteiger partial charge in [-0.25, -0.2) is 0 Å². The summed E-state index contributed by atoms with van der Waals surface area (Å²) in [7, 11) is 0. The molecule has 55 heavy (non-hydrogen) atoms. The lowest BCUT2D eigenvalue weighted by Crippen LogP contribution is -2.59. The molecule has 6 atom stereocenters. The predicted octanol–water partition coefficient (Wildman–Crippen LogP) is 8.21. The van der Waals surface area contributed by atoms with Crippen LogP contribution >= 0.6 is 0 Å². The predicted molar refractivity (Wildman–Crippen MR) is 219 cm³/mol. The van der Waals surface area contributed by atoms with Crippen LogP contribution in [-0.2, 0) is 28.5 Å². The maximum atomic E-state index is 12.7. The number of hydrogen-bond acceptors (Lipinski definition) is 10. The largest absolute Gasteiger partial charge is 0.462 e. The van der Waals surface area contributed by atoms with Crippen LogP contribution in [0.1, 0.15) is 129 Å². The van der Waals surface area contributed by atoms with Crippen LogP contribution in [0, 0.1) is 0 Å². The summed E-state index contributed by atoms with van der Waals surface area (Å²) in [4.78, 5) is 25.2. The van der Waals surface area contributed by atoms with Gasteiger partial charge >= 0.3 is 11.9 Å². The lowest BCUT2D eigenvalue weighted by Gasteiger charge is -2.39. The third-order valence-corrected chi connectivity index (χ3v) is 8.80. The van der Waals surface area contributed by atoms with Gasteiger partial charge < -0.3 is 39.4 Å². The zero-order valence-corrected chi connectivity index (χ0v) is 33.6. The van der Waals surface area contributed by atoms with E-state index in [1.54, 1.807) is 6.08 Å². The number of aliphatic hydroxyl groups excluding tert-OH is 4. The van der Waals surface area contributed by atoms with Crippen LogP contribution < -0.4 is 0 Å². The third kappa shape index (κ3) is 27.2. The summed E-state index contributed by atoms with van der Waals surface area (Å²) in [6.07, 6.45) is 37.6. The molecule has 1 fully saturated rings. The molecule has 4 N–H and O–H groups in total. The lowest BCUT2D eigenvalue weighted by atomic mass is 9.99. The van der Waals surface area contributed by atoms with Gasteiger partial charge in [-0.2, -0.15) is 0 Å². The molecule has 1 saturated heterocycles. The SMILES string of the molecule is CC/C=C\C/C=C\C/C=C\C/C=C\C/C=C\CC(=O)OC(COC(=O)CCCCCCC/C=C\C/C=C\CCCCC)COC1OC(CO)C(O)C(O)C1O. The molecule has 0 aromatic rings. The molecule has 0 amide bonds. The first-order valence-electron chi connectivity index (χ1n) is 20.7. The van der Waals surface area contributed by atoms with Crippen molar-refractivity contribution in [2.75, 3.05) is 19.8 Å². The van der Waals surface area contributed by atoms with Gasteiger partial charge in [0, 0.05) is 6.42 Å². The Morgan fingerprint density at radius 1 is 0.600 bits per heavy atom. The molecular formula is C45H72O10. The second kappa shape index (κ2) is 35.3. The Labute approximate surface area is 331 Å². The molecule has 0 saturated carbocycles. The van der Waals surface area contributed by atoms with E-state index in [0.29, 0.717) is 12.8 Å². The van der Waals surface area contributed by atoms with Crippen LogP contribution in [0.2, 0.25) is 0 Å². The Bertz CT molecular complexity index is 1170. The molecule has 0 bridgehead atoms. The fourth-order valence-electron chi connectivity index (χ4n) is 5.53. The highest BCUT2D eigenvalue weighted by Crippen LogP contribution is 2.22.